The van der Waals surface area contributed by atoms with E-state index in [0.717, 1.165) is 16.4 Å². The maximum Gasteiger partial charge on any atom is 0.203 e. The van der Waals surface area contributed by atoms with E-state index in [4.69, 9.17) is 0 Å². The molecule has 0 radical (unpaired) electrons. The zero-order valence-corrected chi connectivity index (χ0v) is 13.4. The quantitative estimate of drug-likeness (QED) is 0.551. The average Bonchev–Trinajstić information content (AvgIpc) is 2.97. The van der Waals surface area contributed by atoms with Crippen LogP contribution in [0.3, 0.4) is 0 Å². The fraction of sp³-hybridized carbons (Fsp3) is 0.111. The number of aromatic nitrogens is 1. The summed E-state index contributed by atoms with van der Waals surface area (Å²) in [5, 5.41) is 7.08. The van der Waals surface area contributed by atoms with E-state index in [1.54, 1.807) is 17.6 Å². The summed E-state index contributed by atoms with van der Waals surface area (Å²) in [6, 6.07) is 16.4. The lowest BCUT2D eigenvalue weighted by Gasteiger charge is -2.03. The lowest BCUT2D eigenvalue weighted by atomic mass is 10.0. The van der Waals surface area contributed by atoms with Crippen LogP contribution in [0.4, 0.5) is 5.13 Å². The van der Waals surface area contributed by atoms with Gasteiger partial charge in [-0.1, -0.05) is 54.1 Å². The Morgan fingerprint density at radius 3 is 2.68 bits per heavy atom. The molecule has 0 aliphatic heterocycles. The van der Waals surface area contributed by atoms with Crippen molar-refractivity contribution in [3.8, 4) is 11.3 Å². The number of thiazole rings is 1. The maximum absolute atomic E-state index is 4.60. The molecule has 0 fully saturated rings. The number of nitrogens with one attached hydrogen (secondary N) is 1. The molecule has 2 aromatic carbocycles. The summed E-state index contributed by atoms with van der Waals surface area (Å²) in [5.74, 6) is 0. The van der Waals surface area contributed by atoms with Crippen LogP contribution >= 0.6 is 11.3 Å². The van der Waals surface area contributed by atoms with Gasteiger partial charge < -0.3 is 0 Å². The number of nitrogens with zero attached hydrogens (tertiary/aromatic N) is 2. The van der Waals surface area contributed by atoms with Crippen LogP contribution in [-0.4, -0.2) is 11.2 Å². The Morgan fingerprint density at radius 2 is 1.91 bits per heavy atom. The van der Waals surface area contributed by atoms with Crippen molar-refractivity contribution in [2.45, 2.75) is 13.8 Å². The van der Waals surface area contributed by atoms with Crippen molar-refractivity contribution < 1.29 is 0 Å². The zero-order valence-electron chi connectivity index (χ0n) is 12.6. The SMILES string of the molecule is Cc1ccc(-c2csc(N/N=C/c3ccccc3)n2)c(C)c1. The monoisotopic (exact) mass is 307 g/mol. The average molecular weight is 307 g/mol. The van der Waals surface area contributed by atoms with Gasteiger partial charge in [0.1, 0.15) is 0 Å². The first-order valence-electron chi connectivity index (χ1n) is 7.09. The third kappa shape index (κ3) is 3.40. The third-order valence-corrected chi connectivity index (χ3v) is 4.08. The van der Waals surface area contributed by atoms with E-state index in [2.05, 4.69) is 52.9 Å². The van der Waals surface area contributed by atoms with Gasteiger partial charge in [0.25, 0.3) is 0 Å². The predicted molar refractivity (Wildman–Crippen MR) is 94.7 cm³/mol. The van der Waals surface area contributed by atoms with Crippen LogP contribution in [0.15, 0.2) is 59.0 Å². The van der Waals surface area contributed by atoms with Gasteiger partial charge in [0.15, 0.2) is 0 Å². The van der Waals surface area contributed by atoms with Crippen LogP contribution in [0.1, 0.15) is 16.7 Å². The van der Waals surface area contributed by atoms with Gasteiger partial charge in [-0.15, -0.1) is 11.3 Å². The highest BCUT2D eigenvalue weighted by molar-refractivity contribution is 7.14. The first-order chi connectivity index (χ1) is 10.7. The second-order valence-electron chi connectivity index (χ2n) is 5.14. The molecule has 0 spiro atoms. The molecule has 0 aliphatic carbocycles. The number of hydrazone groups is 1. The molecule has 110 valence electrons. The molecular weight excluding hydrogens is 290 g/mol. The van der Waals surface area contributed by atoms with E-state index in [-0.39, 0.29) is 0 Å². The summed E-state index contributed by atoms with van der Waals surface area (Å²) in [6.07, 6.45) is 1.79. The molecule has 0 unspecified atom stereocenters. The fourth-order valence-electron chi connectivity index (χ4n) is 2.25. The summed E-state index contributed by atoms with van der Waals surface area (Å²) in [7, 11) is 0. The number of hydrogen-bond acceptors (Lipinski definition) is 4. The van der Waals surface area contributed by atoms with Crippen LogP contribution in [0, 0.1) is 13.8 Å². The minimum atomic E-state index is 0.794. The Labute approximate surface area is 134 Å². The lowest BCUT2D eigenvalue weighted by molar-refractivity contribution is 1.28. The number of benzene rings is 2. The van der Waals surface area contributed by atoms with E-state index in [1.807, 2.05) is 30.3 Å². The topological polar surface area (TPSA) is 37.3 Å². The van der Waals surface area contributed by atoms with Gasteiger partial charge >= 0.3 is 0 Å². The molecule has 3 rings (SSSR count). The standard InChI is InChI=1S/C18H17N3S/c1-13-8-9-16(14(2)10-13)17-12-22-18(20-17)21-19-11-15-6-4-3-5-7-15/h3-12H,1-2H3,(H,20,21)/b19-11+. The van der Waals surface area contributed by atoms with Gasteiger partial charge in [0.2, 0.25) is 5.13 Å². The van der Waals surface area contributed by atoms with Crippen molar-refractivity contribution in [2.24, 2.45) is 5.10 Å². The molecule has 0 saturated carbocycles. The van der Waals surface area contributed by atoms with Gasteiger partial charge in [0.05, 0.1) is 11.9 Å². The molecule has 1 N–H and O–H groups in total. The van der Waals surface area contributed by atoms with Crippen LogP contribution in [-0.2, 0) is 0 Å². The highest BCUT2D eigenvalue weighted by atomic mass is 32.1. The van der Waals surface area contributed by atoms with Crippen LogP contribution < -0.4 is 5.43 Å². The minimum Gasteiger partial charge on any atom is -0.253 e. The predicted octanol–water partition coefficient (Wildman–Crippen LogP) is 4.87. The summed E-state index contributed by atoms with van der Waals surface area (Å²) >= 11 is 1.56. The Morgan fingerprint density at radius 1 is 1.09 bits per heavy atom. The molecular formula is C18H17N3S. The molecule has 4 heteroatoms. The Kier molecular flexibility index (Phi) is 4.30. The van der Waals surface area contributed by atoms with Gasteiger partial charge in [-0.2, -0.15) is 5.10 Å². The van der Waals surface area contributed by atoms with Gasteiger partial charge in [-0.25, -0.2) is 4.98 Å². The molecule has 22 heavy (non-hydrogen) atoms. The zero-order chi connectivity index (χ0) is 15.4. The number of anilines is 1. The molecule has 0 saturated heterocycles. The summed E-state index contributed by atoms with van der Waals surface area (Å²) < 4.78 is 0. The van der Waals surface area contributed by atoms with E-state index in [9.17, 15) is 0 Å². The van der Waals surface area contributed by atoms with E-state index in [1.165, 1.54) is 16.7 Å². The third-order valence-electron chi connectivity index (χ3n) is 3.34. The Balaban J connectivity index is 1.73. The van der Waals surface area contributed by atoms with Crippen molar-refractivity contribution in [2.75, 3.05) is 5.43 Å². The Bertz CT molecular complexity index is 791. The molecule has 3 aromatic rings. The van der Waals surface area contributed by atoms with Gasteiger partial charge in [-0.05, 0) is 25.0 Å². The molecule has 0 atom stereocenters. The highest BCUT2D eigenvalue weighted by Crippen LogP contribution is 2.27. The summed E-state index contributed by atoms with van der Waals surface area (Å²) in [6.45, 7) is 4.21. The number of rotatable bonds is 4. The summed E-state index contributed by atoms with van der Waals surface area (Å²) in [4.78, 5) is 4.60. The van der Waals surface area contributed by atoms with Crippen LogP contribution in [0.2, 0.25) is 0 Å². The van der Waals surface area contributed by atoms with Crippen molar-refractivity contribution in [1.82, 2.24) is 4.98 Å². The van der Waals surface area contributed by atoms with E-state index in [0.29, 0.717) is 0 Å². The second kappa shape index (κ2) is 6.54. The first kappa shape index (κ1) is 14.5. The van der Waals surface area contributed by atoms with E-state index >= 15 is 0 Å². The smallest absolute Gasteiger partial charge is 0.203 e. The fourth-order valence-corrected chi connectivity index (χ4v) is 2.91. The molecule has 1 heterocycles. The molecule has 0 bridgehead atoms. The molecule has 3 nitrogen and oxygen atoms in total. The maximum atomic E-state index is 4.60. The first-order valence-corrected chi connectivity index (χ1v) is 7.97. The van der Waals surface area contributed by atoms with Crippen LogP contribution in [0.25, 0.3) is 11.3 Å². The second-order valence-corrected chi connectivity index (χ2v) is 6.00. The molecule has 0 aliphatic rings. The van der Waals surface area contributed by atoms with Crippen molar-refractivity contribution in [3.63, 3.8) is 0 Å². The minimum absolute atomic E-state index is 0.794. The lowest BCUT2D eigenvalue weighted by Crippen LogP contribution is -1.90. The highest BCUT2D eigenvalue weighted by Gasteiger charge is 2.06. The summed E-state index contributed by atoms with van der Waals surface area (Å²) in [5.41, 5.74) is 8.71. The number of hydrogen-bond donors (Lipinski definition) is 1. The van der Waals surface area contributed by atoms with Crippen molar-refractivity contribution >= 4 is 22.7 Å². The molecule has 0 amide bonds. The van der Waals surface area contributed by atoms with Crippen molar-refractivity contribution in [3.05, 3.63) is 70.6 Å². The van der Waals surface area contributed by atoms with Gasteiger partial charge in [0, 0.05) is 10.9 Å². The van der Waals surface area contributed by atoms with E-state index < -0.39 is 0 Å². The van der Waals surface area contributed by atoms with Crippen molar-refractivity contribution in [1.29, 1.82) is 0 Å². The largest absolute Gasteiger partial charge is 0.253 e. The molecule has 1 aromatic heterocycles. The normalized spacial score (nSPS) is 11.0. The number of aryl methyl sites for hydroxylation is 2. The van der Waals surface area contributed by atoms with Gasteiger partial charge in [-0.3, -0.25) is 5.43 Å². The van der Waals surface area contributed by atoms with Crippen LogP contribution in [0.5, 0.6) is 0 Å². The Hall–Kier alpha value is -2.46.